The van der Waals surface area contributed by atoms with Gasteiger partial charge in [0.2, 0.25) is 0 Å². The van der Waals surface area contributed by atoms with Gasteiger partial charge >= 0.3 is 23.9 Å². The largest absolute Gasteiger partial charge is 0.458 e. The van der Waals surface area contributed by atoms with Gasteiger partial charge in [0.05, 0.1) is 0 Å². The molecule has 0 N–H and O–H groups in total. The highest BCUT2D eigenvalue weighted by molar-refractivity contribution is 5.82. The Hall–Kier alpha value is -2.07. The van der Waals surface area contributed by atoms with Gasteiger partial charge < -0.3 is 14.2 Å². The molecule has 0 fully saturated rings. The summed E-state index contributed by atoms with van der Waals surface area (Å²) in [7, 11) is 0.870. The fourth-order valence-electron chi connectivity index (χ4n) is 2.20. The van der Waals surface area contributed by atoms with Crippen molar-refractivity contribution in [1.82, 2.24) is 0 Å². The Morgan fingerprint density at radius 1 is 1.07 bits per heavy atom. The number of hydrogen-bond donors (Lipinski definition) is 0. The van der Waals surface area contributed by atoms with E-state index in [1.54, 1.807) is 0 Å². The molecule has 0 spiro atoms. The van der Waals surface area contributed by atoms with Gasteiger partial charge in [-0.05, 0) is 11.1 Å². The molecule has 1 atom stereocenters. The summed E-state index contributed by atoms with van der Waals surface area (Å²) in [6, 6.07) is 5.76. The van der Waals surface area contributed by atoms with E-state index in [2.05, 4.69) is 20.8 Å². The standard InChI is InChI=1S/C18H20F6O4/c1-5-12-6-8-13(9-7-12)10-27-15(25)16(17(19,20)21,18(22,23)24)28-14(26-4)11(2)3/h5-9,11,14H,1,10H2,2-4H3. The molecule has 1 aromatic rings. The maximum absolute atomic E-state index is 13.5. The van der Waals surface area contributed by atoms with Crippen LogP contribution >= 0.6 is 0 Å². The van der Waals surface area contributed by atoms with E-state index in [1.165, 1.54) is 44.2 Å². The first-order chi connectivity index (χ1) is 12.8. The van der Waals surface area contributed by atoms with E-state index in [0.29, 0.717) is 5.56 Å². The van der Waals surface area contributed by atoms with Crippen LogP contribution in [0.15, 0.2) is 30.8 Å². The minimum absolute atomic E-state index is 0.185. The molecule has 0 heterocycles. The number of carbonyl (C=O) groups is 1. The van der Waals surface area contributed by atoms with Crippen molar-refractivity contribution in [1.29, 1.82) is 0 Å². The summed E-state index contributed by atoms with van der Waals surface area (Å²) in [5.74, 6) is -3.53. The van der Waals surface area contributed by atoms with Gasteiger partial charge in [-0.1, -0.05) is 50.8 Å². The molecule has 1 unspecified atom stereocenters. The van der Waals surface area contributed by atoms with E-state index in [9.17, 15) is 31.1 Å². The zero-order valence-electron chi connectivity index (χ0n) is 15.4. The second-order valence-corrected chi connectivity index (χ2v) is 6.16. The van der Waals surface area contributed by atoms with Crippen molar-refractivity contribution in [3.63, 3.8) is 0 Å². The Balaban J connectivity index is 3.24. The van der Waals surface area contributed by atoms with E-state index in [-0.39, 0.29) is 5.56 Å². The summed E-state index contributed by atoms with van der Waals surface area (Å²) in [6.07, 6.45) is -12.7. The maximum Gasteiger partial charge on any atom is 0.437 e. The Kier molecular flexibility index (Phi) is 7.66. The predicted molar refractivity (Wildman–Crippen MR) is 87.9 cm³/mol. The van der Waals surface area contributed by atoms with Crippen LogP contribution in [0.5, 0.6) is 0 Å². The first-order valence-electron chi connectivity index (χ1n) is 8.02. The molecule has 0 aliphatic rings. The minimum atomic E-state index is -6.14. The van der Waals surface area contributed by atoms with Crippen LogP contribution in [0.1, 0.15) is 25.0 Å². The van der Waals surface area contributed by atoms with Crippen molar-refractivity contribution < 1.29 is 45.3 Å². The van der Waals surface area contributed by atoms with Gasteiger partial charge in [-0.15, -0.1) is 0 Å². The second-order valence-electron chi connectivity index (χ2n) is 6.16. The number of carbonyl (C=O) groups excluding carboxylic acids is 1. The predicted octanol–water partition coefficient (Wildman–Crippen LogP) is 4.88. The highest BCUT2D eigenvalue weighted by Gasteiger charge is 2.79. The highest BCUT2D eigenvalue weighted by Crippen LogP contribution is 2.48. The zero-order chi connectivity index (χ0) is 21.8. The monoisotopic (exact) mass is 414 g/mol. The first kappa shape index (κ1) is 24.0. The zero-order valence-corrected chi connectivity index (χ0v) is 15.4. The molecule has 0 aliphatic heterocycles. The molecule has 0 radical (unpaired) electrons. The summed E-state index contributed by atoms with van der Waals surface area (Å²) < 4.78 is 94.1. The third-order valence-electron chi connectivity index (χ3n) is 3.74. The van der Waals surface area contributed by atoms with E-state index in [1.807, 2.05) is 0 Å². The Labute approximate surface area is 158 Å². The van der Waals surface area contributed by atoms with Gasteiger partial charge in [0.25, 0.3) is 0 Å². The fourth-order valence-corrected chi connectivity index (χ4v) is 2.20. The molecule has 0 aliphatic carbocycles. The molecule has 0 saturated carbocycles. The molecular formula is C18H20F6O4. The number of ether oxygens (including phenoxy) is 3. The summed E-state index contributed by atoms with van der Waals surface area (Å²) in [5, 5.41) is 0. The van der Waals surface area contributed by atoms with Crippen LogP contribution in [0.2, 0.25) is 0 Å². The number of benzene rings is 1. The van der Waals surface area contributed by atoms with Crippen molar-refractivity contribution in [2.45, 2.75) is 44.7 Å². The van der Waals surface area contributed by atoms with Crippen LogP contribution in [0, 0.1) is 5.92 Å². The fraction of sp³-hybridized carbons (Fsp3) is 0.500. The first-order valence-corrected chi connectivity index (χ1v) is 8.02. The number of rotatable bonds is 8. The third-order valence-corrected chi connectivity index (χ3v) is 3.74. The summed E-state index contributed by atoms with van der Waals surface area (Å²) in [6.45, 7) is 5.25. The van der Waals surface area contributed by atoms with Crippen molar-refractivity contribution in [2.75, 3.05) is 7.11 Å². The van der Waals surface area contributed by atoms with Gasteiger partial charge in [-0.25, -0.2) is 4.79 Å². The Bertz CT molecular complexity index is 650. The van der Waals surface area contributed by atoms with Gasteiger partial charge in [0, 0.05) is 13.0 Å². The van der Waals surface area contributed by atoms with Gasteiger partial charge in [-0.2, -0.15) is 26.3 Å². The molecule has 1 aromatic carbocycles. The second kappa shape index (κ2) is 8.95. The molecule has 0 aromatic heterocycles. The van der Waals surface area contributed by atoms with Crippen LogP contribution in [-0.4, -0.2) is 37.3 Å². The number of hydrogen-bond acceptors (Lipinski definition) is 4. The van der Waals surface area contributed by atoms with Gasteiger partial charge in [0.15, 0.2) is 6.29 Å². The Morgan fingerprint density at radius 3 is 1.93 bits per heavy atom. The smallest absolute Gasteiger partial charge is 0.437 e. The average Bonchev–Trinajstić information content (AvgIpc) is 2.58. The molecule has 1 rings (SSSR count). The van der Waals surface area contributed by atoms with Gasteiger partial charge in [0.1, 0.15) is 6.61 Å². The SMILES string of the molecule is C=Cc1ccc(COC(=O)C(OC(OC)C(C)C)(C(F)(F)F)C(F)(F)F)cc1. The van der Waals surface area contributed by atoms with E-state index >= 15 is 0 Å². The maximum atomic E-state index is 13.5. The molecule has 0 amide bonds. The summed E-state index contributed by atoms with van der Waals surface area (Å²) in [5.41, 5.74) is -4.34. The van der Waals surface area contributed by atoms with Crippen molar-refractivity contribution >= 4 is 12.0 Å². The van der Waals surface area contributed by atoms with Gasteiger partial charge in [-0.3, -0.25) is 0 Å². The number of alkyl halides is 6. The molecule has 0 saturated heterocycles. The number of esters is 1. The average molecular weight is 414 g/mol. The van der Waals surface area contributed by atoms with Crippen molar-refractivity contribution in [3.05, 3.63) is 42.0 Å². The molecule has 28 heavy (non-hydrogen) atoms. The van der Waals surface area contributed by atoms with E-state index in [4.69, 9.17) is 0 Å². The molecule has 0 bridgehead atoms. The third kappa shape index (κ3) is 5.05. The van der Waals surface area contributed by atoms with E-state index in [0.717, 1.165) is 7.11 Å². The summed E-state index contributed by atoms with van der Waals surface area (Å²) >= 11 is 0. The minimum Gasteiger partial charge on any atom is -0.458 e. The lowest BCUT2D eigenvalue weighted by Gasteiger charge is -2.37. The highest BCUT2D eigenvalue weighted by atomic mass is 19.4. The Morgan fingerprint density at radius 2 is 1.57 bits per heavy atom. The normalized spacial score (nSPS) is 14.1. The lowest BCUT2D eigenvalue weighted by Crippen LogP contribution is -2.66. The molecular weight excluding hydrogens is 394 g/mol. The van der Waals surface area contributed by atoms with Crippen LogP contribution in [0.4, 0.5) is 26.3 Å². The lowest BCUT2D eigenvalue weighted by molar-refractivity contribution is -0.398. The molecule has 4 nitrogen and oxygen atoms in total. The molecule has 10 heteroatoms. The quantitative estimate of drug-likeness (QED) is 0.346. The van der Waals surface area contributed by atoms with Crippen LogP contribution in [0.3, 0.4) is 0 Å². The topological polar surface area (TPSA) is 44.8 Å². The van der Waals surface area contributed by atoms with E-state index < -0.39 is 42.7 Å². The van der Waals surface area contributed by atoms with Crippen LogP contribution < -0.4 is 0 Å². The lowest BCUT2D eigenvalue weighted by atomic mass is 10.0. The van der Waals surface area contributed by atoms with Crippen LogP contribution in [0.25, 0.3) is 6.08 Å². The van der Waals surface area contributed by atoms with Crippen LogP contribution in [-0.2, 0) is 25.6 Å². The molecule has 158 valence electrons. The number of halogens is 6. The summed E-state index contributed by atoms with van der Waals surface area (Å²) in [4.78, 5) is 12.1. The van der Waals surface area contributed by atoms with Crippen molar-refractivity contribution in [3.8, 4) is 0 Å². The number of methoxy groups -OCH3 is 1. The van der Waals surface area contributed by atoms with Crippen molar-refractivity contribution in [2.24, 2.45) is 5.92 Å².